The van der Waals surface area contributed by atoms with Gasteiger partial charge in [0.25, 0.3) is 0 Å². The number of rotatable bonds is 2. The third-order valence-corrected chi connectivity index (χ3v) is 0.759. The van der Waals surface area contributed by atoms with E-state index in [9.17, 15) is 0 Å². The Kier molecular flexibility index (Phi) is 1.42. The van der Waals surface area contributed by atoms with Crippen molar-refractivity contribution >= 4 is 0 Å². The van der Waals surface area contributed by atoms with Crippen molar-refractivity contribution in [1.29, 1.82) is 0 Å². The fourth-order valence-electron chi connectivity index (χ4n) is 0.421. The first-order valence-electron chi connectivity index (χ1n) is 2.30. The summed E-state index contributed by atoms with van der Waals surface area (Å²) in [7, 11) is 0. The van der Waals surface area contributed by atoms with E-state index in [1.807, 2.05) is 0 Å². The Morgan fingerprint density at radius 3 is 3.25 bits per heavy atom. The van der Waals surface area contributed by atoms with Crippen molar-refractivity contribution in [1.82, 2.24) is 10.4 Å². The Morgan fingerprint density at radius 2 is 2.75 bits per heavy atom. The number of aromatic nitrogens is 2. The minimum absolute atomic E-state index is 0.726. The average Bonchev–Trinajstić information content (AvgIpc) is 2.19. The van der Waals surface area contributed by atoms with Crippen LogP contribution in [0.15, 0.2) is 23.4 Å². The Morgan fingerprint density at radius 1 is 1.88 bits per heavy atom. The number of hydrogen-bond donors (Lipinski definition) is 0. The Bertz CT molecular complexity index is 157. The smallest absolute Gasteiger partial charge is 0.147 e. The van der Waals surface area contributed by atoms with E-state index < -0.39 is 0 Å². The predicted molar refractivity (Wildman–Crippen MR) is 28.2 cm³/mol. The molecule has 1 rings (SSSR count). The van der Waals surface area contributed by atoms with Crippen LogP contribution in [0, 0.1) is 0 Å². The summed E-state index contributed by atoms with van der Waals surface area (Å²) in [5, 5.41) is 6.89. The average molecular weight is 110 g/mol. The van der Waals surface area contributed by atoms with Crippen LogP contribution >= 0.6 is 0 Å². The maximum Gasteiger partial charge on any atom is 0.147 e. The summed E-state index contributed by atoms with van der Waals surface area (Å²) in [6.07, 6.45) is 3.98. The van der Waals surface area contributed by atoms with Crippen molar-refractivity contribution in [3.05, 3.63) is 24.6 Å². The largest absolute Gasteiger partial charge is 0.345 e. The molecule has 3 heteroatoms. The summed E-state index contributed by atoms with van der Waals surface area (Å²) in [6, 6.07) is 0. The van der Waals surface area contributed by atoms with E-state index in [4.69, 9.17) is 0 Å². The van der Waals surface area contributed by atoms with E-state index in [0.29, 0.717) is 0 Å². The molecule has 0 fully saturated rings. The van der Waals surface area contributed by atoms with Crippen LogP contribution < -0.4 is 0 Å². The van der Waals surface area contributed by atoms with Crippen molar-refractivity contribution < 1.29 is 4.52 Å². The zero-order chi connectivity index (χ0) is 5.82. The molecule has 8 heavy (non-hydrogen) atoms. The van der Waals surface area contributed by atoms with Crippen LogP contribution in [0.3, 0.4) is 0 Å². The molecule has 1 aromatic heterocycles. The monoisotopic (exact) mass is 110 g/mol. The van der Waals surface area contributed by atoms with Gasteiger partial charge in [0.15, 0.2) is 0 Å². The lowest BCUT2D eigenvalue weighted by Crippen LogP contribution is -1.77. The minimum atomic E-state index is 0.726. The van der Waals surface area contributed by atoms with Crippen molar-refractivity contribution in [2.45, 2.75) is 6.42 Å². The van der Waals surface area contributed by atoms with Gasteiger partial charge in [-0.25, -0.2) is 0 Å². The van der Waals surface area contributed by atoms with Crippen LogP contribution in [0.25, 0.3) is 0 Å². The van der Waals surface area contributed by atoms with Gasteiger partial charge in [-0.2, -0.15) is 0 Å². The number of hydrogen-bond acceptors (Lipinski definition) is 3. The standard InChI is InChI=1S/C5H6N2O/c1-2-3-5-4-8-7-6-5/h2,4H,1,3H2. The van der Waals surface area contributed by atoms with Crippen molar-refractivity contribution in [3.63, 3.8) is 0 Å². The molecular formula is C5H6N2O. The summed E-state index contributed by atoms with van der Waals surface area (Å²) >= 11 is 0. The van der Waals surface area contributed by atoms with E-state index >= 15 is 0 Å². The highest BCUT2D eigenvalue weighted by molar-refractivity contribution is 4.94. The van der Waals surface area contributed by atoms with Crippen molar-refractivity contribution in [2.24, 2.45) is 0 Å². The second-order valence-corrected chi connectivity index (χ2v) is 1.39. The first-order chi connectivity index (χ1) is 3.93. The number of nitrogens with zero attached hydrogens (tertiary/aromatic N) is 2. The van der Waals surface area contributed by atoms with E-state index in [-0.39, 0.29) is 0 Å². The van der Waals surface area contributed by atoms with Gasteiger partial charge in [-0.05, 0) is 0 Å². The molecule has 0 bridgehead atoms. The zero-order valence-corrected chi connectivity index (χ0v) is 4.37. The molecular weight excluding hydrogens is 104 g/mol. The van der Waals surface area contributed by atoms with Gasteiger partial charge in [0.2, 0.25) is 0 Å². The molecule has 0 aromatic carbocycles. The molecule has 0 aliphatic carbocycles. The van der Waals surface area contributed by atoms with Crippen LogP contribution in [-0.4, -0.2) is 10.4 Å². The molecule has 0 saturated carbocycles. The topological polar surface area (TPSA) is 38.9 Å². The van der Waals surface area contributed by atoms with Crippen LogP contribution in [0.1, 0.15) is 5.69 Å². The second-order valence-electron chi connectivity index (χ2n) is 1.39. The van der Waals surface area contributed by atoms with Gasteiger partial charge in [0.05, 0.1) is 0 Å². The molecule has 0 spiro atoms. The first-order valence-corrected chi connectivity index (χ1v) is 2.30. The van der Waals surface area contributed by atoms with Crippen molar-refractivity contribution in [2.75, 3.05) is 0 Å². The number of allylic oxidation sites excluding steroid dienone is 1. The lowest BCUT2D eigenvalue weighted by molar-refractivity contribution is 0.392. The third kappa shape index (κ3) is 0.932. The quantitative estimate of drug-likeness (QED) is 0.528. The van der Waals surface area contributed by atoms with Gasteiger partial charge in [0.1, 0.15) is 12.0 Å². The predicted octanol–water partition coefficient (Wildman–Crippen LogP) is 0.798. The summed E-state index contributed by atoms with van der Waals surface area (Å²) in [6.45, 7) is 3.53. The van der Waals surface area contributed by atoms with Crippen molar-refractivity contribution in [3.8, 4) is 0 Å². The van der Waals surface area contributed by atoms with Gasteiger partial charge >= 0.3 is 0 Å². The SMILES string of the molecule is C=CCc1conn1. The summed E-state index contributed by atoms with van der Waals surface area (Å²) in [4.78, 5) is 0. The third-order valence-electron chi connectivity index (χ3n) is 0.759. The molecule has 0 unspecified atom stereocenters. The van der Waals surface area contributed by atoms with Crippen LogP contribution in [0.2, 0.25) is 0 Å². The van der Waals surface area contributed by atoms with Gasteiger partial charge in [0, 0.05) is 11.7 Å². The minimum Gasteiger partial charge on any atom is -0.345 e. The maximum absolute atomic E-state index is 4.46. The van der Waals surface area contributed by atoms with Crippen LogP contribution in [0.5, 0.6) is 0 Å². The molecule has 1 heterocycles. The molecule has 3 nitrogen and oxygen atoms in total. The molecule has 42 valence electrons. The van der Waals surface area contributed by atoms with E-state index in [1.165, 1.54) is 6.26 Å². The van der Waals surface area contributed by atoms with Gasteiger partial charge in [-0.15, -0.1) is 11.7 Å². The first kappa shape index (κ1) is 5.03. The normalized spacial score (nSPS) is 9.00. The molecule has 1 aromatic rings. The van der Waals surface area contributed by atoms with Gasteiger partial charge < -0.3 is 4.52 Å². The molecule has 0 aliphatic rings. The van der Waals surface area contributed by atoms with E-state index in [0.717, 1.165) is 12.1 Å². The molecule has 0 saturated heterocycles. The van der Waals surface area contributed by atoms with E-state index in [1.54, 1.807) is 6.08 Å². The Hall–Kier alpha value is -1.12. The molecule has 0 N–H and O–H groups in total. The molecule has 0 aliphatic heterocycles. The van der Waals surface area contributed by atoms with E-state index in [2.05, 4.69) is 21.5 Å². The summed E-state index contributed by atoms with van der Waals surface area (Å²) in [5.74, 6) is 0. The lowest BCUT2D eigenvalue weighted by Gasteiger charge is -1.75. The fraction of sp³-hybridized carbons (Fsp3) is 0.200. The molecule has 0 atom stereocenters. The summed E-state index contributed by atoms with van der Waals surface area (Å²) in [5.41, 5.74) is 0.819. The fourth-order valence-corrected chi connectivity index (χ4v) is 0.421. The van der Waals surface area contributed by atoms with Crippen LogP contribution in [-0.2, 0) is 6.42 Å². The van der Waals surface area contributed by atoms with Gasteiger partial charge in [-0.1, -0.05) is 6.08 Å². The second kappa shape index (κ2) is 2.26. The Balaban J connectivity index is 2.62. The highest BCUT2D eigenvalue weighted by atomic mass is 16.5. The Labute approximate surface area is 47.0 Å². The van der Waals surface area contributed by atoms with Gasteiger partial charge in [-0.3, -0.25) is 0 Å². The maximum atomic E-state index is 4.46. The van der Waals surface area contributed by atoms with Crippen LogP contribution in [0.4, 0.5) is 0 Å². The lowest BCUT2D eigenvalue weighted by atomic mass is 10.3. The highest BCUT2D eigenvalue weighted by Gasteiger charge is 1.89. The molecule has 0 radical (unpaired) electrons. The zero-order valence-electron chi connectivity index (χ0n) is 4.37. The molecule has 0 amide bonds. The highest BCUT2D eigenvalue weighted by Crippen LogP contribution is 1.91. The summed E-state index contributed by atoms with van der Waals surface area (Å²) < 4.78 is 4.46.